The Morgan fingerprint density at radius 3 is 2.61 bits per heavy atom. The van der Waals surface area contributed by atoms with Gasteiger partial charge in [0.25, 0.3) is 0 Å². The average Bonchev–Trinajstić information content (AvgIpc) is 2.67. The van der Waals surface area contributed by atoms with E-state index in [0.717, 1.165) is 25.1 Å². The van der Waals surface area contributed by atoms with E-state index in [9.17, 15) is 4.79 Å². The normalized spacial score (nSPS) is 11.1. The molecule has 0 saturated carbocycles. The summed E-state index contributed by atoms with van der Waals surface area (Å²) in [6, 6.07) is 0. The van der Waals surface area contributed by atoms with Crippen LogP contribution in [0, 0.1) is 5.92 Å². The summed E-state index contributed by atoms with van der Waals surface area (Å²) in [5.41, 5.74) is 0.869. The van der Waals surface area contributed by atoms with E-state index in [2.05, 4.69) is 31.1 Å². The molecule has 1 rings (SSSR count). The topological polar surface area (TPSA) is 68.0 Å². The van der Waals surface area contributed by atoms with Crippen LogP contribution in [-0.4, -0.2) is 26.1 Å². The summed E-state index contributed by atoms with van der Waals surface area (Å²) in [4.78, 5) is 11.1. The van der Waals surface area contributed by atoms with Crippen molar-refractivity contribution in [1.29, 1.82) is 0 Å². The quantitative estimate of drug-likeness (QED) is 0.723. The summed E-state index contributed by atoms with van der Waals surface area (Å²) >= 11 is 0. The highest BCUT2D eigenvalue weighted by Gasteiger charge is 2.19. The second-order valence-corrected chi connectivity index (χ2v) is 5.07. The molecule has 0 radical (unpaired) electrons. The van der Waals surface area contributed by atoms with Gasteiger partial charge in [-0.25, -0.2) is 9.48 Å². The van der Waals surface area contributed by atoms with Crippen molar-refractivity contribution in [3.8, 4) is 0 Å². The Labute approximate surface area is 108 Å². The zero-order valence-corrected chi connectivity index (χ0v) is 11.5. The second kappa shape index (κ2) is 7.13. The number of nitrogens with zero attached hydrogens (tertiary/aromatic N) is 3. The predicted octanol–water partition coefficient (Wildman–Crippen LogP) is 2.76. The predicted molar refractivity (Wildman–Crippen MR) is 69.7 cm³/mol. The summed E-state index contributed by atoms with van der Waals surface area (Å²) in [7, 11) is 0. The summed E-state index contributed by atoms with van der Waals surface area (Å²) in [6.07, 6.45) is 5.29. The van der Waals surface area contributed by atoms with Crippen molar-refractivity contribution >= 4 is 5.97 Å². The molecule has 0 bridgehead atoms. The SMILES string of the molecule is CCCCCCn1nnc(C(=O)O)c1CC(C)C. The lowest BCUT2D eigenvalue weighted by Crippen LogP contribution is -2.11. The third-order valence-electron chi connectivity index (χ3n) is 2.87. The smallest absolute Gasteiger partial charge is 0.358 e. The molecule has 102 valence electrons. The number of aryl methyl sites for hydroxylation is 1. The van der Waals surface area contributed by atoms with Crippen LogP contribution in [0.5, 0.6) is 0 Å². The first kappa shape index (κ1) is 14.7. The number of unbranched alkanes of at least 4 members (excludes halogenated alkanes) is 3. The number of rotatable bonds is 8. The van der Waals surface area contributed by atoms with Crippen molar-refractivity contribution in [3.05, 3.63) is 11.4 Å². The Hall–Kier alpha value is -1.39. The number of hydrogen-bond acceptors (Lipinski definition) is 3. The van der Waals surface area contributed by atoms with Crippen LogP contribution >= 0.6 is 0 Å². The molecular weight excluding hydrogens is 230 g/mol. The number of carboxylic acid groups (broad SMARTS) is 1. The first-order valence-corrected chi connectivity index (χ1v) is 6.71. The maximum atomic E-state index is 11.1. The van der Waals surface area contributed by atoms with Crippen LogP contribution < -0.4 is 0 Å². The van der Waals surface area contributed by atoms with Crippen molar-refractivity contribution in [2.45, 2.75) is 59.4 Å². The number of aromatic carboxylic acids is 1. The van der Waals surface area contributed by atoms with Crippen LogP contribution in [-0.2, 0) is 13.0 Å². The number of carboxylic acids is 1. The lowest BCUT2D eigenvalue weighted by atomic mass is 10.1. The molecule has 1 aromatic heterocycles. The maximum absolute atomic E-state index is 11.1. The van der Waals surface area contributed by atoms with Crippen LogP contribution in [0.1, 0.15) is 62.6 Å². The van der Waals surface area contributed by atoms with Crippen LogP contribution in [0.3, 0.4) is 0 Å². The standard InChI is InChI=1S/C13H23N3O2/c1-4-5-6-7-8-16-11(9-10(2)3)12(13(17)18)14-15-16/h10H,4-9H2,1-3H3,(H,17,18). The number of aromatic nitrogens is 3. The van der Waals surface area contributed by atoms with E-state index in [1.807, 2.05) is 0 Å². The first-order valence-electron chi connectivity index (χ1n) is 6.71. The second-order valence-electron chi connectivity index (χ2n) is 5.07. The molecule has 1 aromatic rings. The van der Waals surface area contributed by atoms with E-state index >= 15 is 0 Å². The van der Waals surface area contributed by atoms with Crippen molar-refractivity contribution in [2.24, 2.45) is 5.92 Å². The molecule has 5 heteroatoms. The van der Waals surface area contributed by atoms with Crippen molar-refractivity contribution in [3.63, 3.8) is 0 Å². The van der Waals surface area contributed by atoms with Crippen molar-refractivity contribution in [2.75, 3.05) is 0 Å². The fraction of sp³-hybridized carbons (Fsp3) is 0.769. The third-order valence-corrected chi connectivity index (χ3v) is 2.87. The first-order chi connectivity index (χ1) is 8.56. The highest BCUT2D eigenvalue weighted by molar-refractivity contribution is 5.86. The monoisotopic (exact) mass is 253 g/mol. The maximum Gasteiger partial charge on any atom is 0.358 e. The van der Waals surface area contributed by atoms with Gasteiger partial charge in [0.2, 0.25) is 0 Å². The molecule has 5 nitrogen and oxygen atoms in total. The molecule has 0 amide bonds. The molecule has 0 saturated heterocycles. The van der Waals surface area contributed by atoms with E-state index in [4.69, 9.17) is 5.11 Å². The highest BCUT2D eigenvalue weighted by Crippen LogP contribution is 2.13. The molecule has 0 aromatic carbocycles. The average molecular weight is 253 g/mol. The minimum absolute atomic E-state index is 0.110. The molecule has 18 heavy (non-hydrogen) atoms. The molecule has 1 N–H and O–H groups in total. The van der Waals surface area contributed by atoms with Gasteiger partial charge >= 0.3 is 5.97 Å². The zero-order valence-electron chi connectivity index (χ0n) is 11.5. The van der Waals surface area contributed by atoms with E-state index in [0.29, 0.717) is 12.3 Å². The molecule has 0 aliphatic rings. The van der Waals surface area contributed by atoms with E-state index < -0.39 is 5.97 Å². The van der Waals surface area contributed by atoms with Crippen molar-refractivity contribution in [1.82, 2.24) is 15.0 Å². The Morgan fingerprint density at radius 2 is 2.06 bits per heavy atom. The van der Waals surface area contributed by atoms with Crippen LogP contribution in [0.15, 0.2) is 0 Å². The molecule has 0 fully saturated rings. The third kappa shape index (κ3) is 4.13. The van der Waals surface area contributed by atoms with Gasteiger partial charge in [0.05, 0.1) is 5.69 Å². The Balaban J connectivity index is 2.73. The number of hydrogen-bond donors (Lipinski definition) is 1. The fourth-order valence-corrected chi connectivity index (χ4v) is 1.96. The van der Waals surface area contributed by atoms with Gasteiger partial charge in [-0.05, 0) is 18.8 Å². The van der Waals surface area contributed by atoms with Crippen molar-refractivity contribution < 1.29 is 9.90 Å². The van der Waals surface area contributed by atoms with Gasteiger partial charge < -0.3 is 5.11 Å². The highest BCUT2D eigenvalue weighted by atomic mass is 16.4. The summed E-state index contributed by atoms with van der Waals surface area (Å²) in [5, 5.41) is 16.8. The van der Waals surface area contributed by atoms with E-state index in [-0.39, 0.29) is 5.69 Å². The van der Waals surface area contributed by atoms with Crippen LogP contribution in [0.4, 0.5) is 0 Å². The van der Waals surface area contributed by atoms with Gasteiger partial charge in [0.15, 0.2) is 5.69 Å². The zero-order chi connectivity index (χ0) is 13.5. The summed E-state index contributed by atoms with van der Waals surface area (Å²) in [6.45, 7) is 7.07. The Kier molecular flexibility index (Phi) is 5.82. The molecule has 0 spiro atoms. The molecule has 0 aliphatic heterocycles. The van der Waals surface area contributed by atoms with Gasteiger partial charge in [-0.15, -0.1) is 5.10 Å². The van der Waals surface area contributed by atoms with Gasteiger partial charge in [-0.1, -0.05) is 45.2 Å². The van der Waals surface area contributed by atoms with Gasteiger partial charge in [-0.3, -0.25) is 0 Å². The van der Waals surface area contributed by atoms with Gasteiger partial charge in [0, 0.05) is 6.54 Å². The molecule has 0 unspecified atom stereocenters. The largest absolute Gasteiger partial charge is 0.476 e. The summed E-state index contributed by atoms with van der Waals surface area (Å²) in [5.74, 6) is -0.582. The van der Waals surface area contributed by atoms with E-state index in [1.54, 1.807) is 4.68 Å². The lowest BCUT2D eigenvalue weighted by molar-refractivity contribution is 0.0689. The van der Waals surface area contributed by atoms with Crippen LogP contribution in [0.25, 0.3) is 0 Å². The minimum atomic E-state index is -0.981. The molecule has 1 heterocycles. The Bertz CT molecular complexity index is 386. The molecule has 0 atom stereocenters. The minimum Gasteiger partial charge on any atom is -0.476 e. The fourth-order valence-electron chi connectivity index (χ4n) is 1.96. The molecular formula is C13H23N3O2. The molecule has 0 aliphatic carbocycles. The van der Waals surface area contributed by atoms with Gasteiger partial charge in [-0.2, -0.15) is 0 Å². The Morgan fingerprint density at radius 1 is 1.33 bits per heavy atom. The van der Waals surface area contributed by atoms with Crippen LogP contribution in [0.2, 0.25) is 0 Å². The number of carbonyl (C=O) groups is 1. The lowest BCUT2D eigenvalue weighted by Gasteiger charge is -2.08. The van der Waals surface area contributed by atoms with E-state index in [1.165, 1.54) is 12.8 Å². The summed E-state index contributed by atoms with van der Waals surface area (Å²) < 4.78 is 1.76. The van der Waals surface area contributed by atoms with Gasteiger partial charge in [0.1, 0.15) is 0 Å².